The van der Waals surface area contributed by atoms with Gasteiger partial charge in [0.25, 0.3) is 5.91 Å². The molecule has 208 valence electrons. The van der Waals surface area contributed by atoms with Crippen molar-refractivity contribution in [3.8, 4) is 22.3 Å². The third kappa shape index (κ3) is 4.52. The van der Waals surface area contributed by atoms with Crippen molar-refractivity contribution in [2.45, 2.75) is 37.1 Å². The number of aliphatic hydroxyl groups is 1. The van der Waals surface area contributed by atoms with Gasteiger partial charge in [0.05, 0.1) is 12.8 Å². The minimum Gasteiger partial charge on any atom is -0.379 e. The van der Waals surface area contributed by atoms with Gasteiger partial charge in [0.15, 0.2) is 6.23 Å². The number of ether oxygens (including phenoxy) is 2. The van der Waals surface area contributed by atoms with Crippen LogP contribution in [0.2, 0.25) is 0 Å². The highest BCUT2D eigenvalue weighted by Gasteiger charge is 2.51. The first-order valence-electron chi connectivity index (χ1n) is 14.2. The zero-order chi connectivity index (χ0) is 27.3. The Morgan fingerprint density at radius 1 is 1.00 bits per heavy atom. The van der Waals surface area contributed by atoms with Crippen LogP contribution in [-0.2, 0) is 21.3 Å². The maximum atomic E-state index is 12.7. The lowest BCUT2D eigenvalue weighted by Crippen LogP contribution is -2.58. The average Bonchev–Trinajstić information content (AvgIpc) is 3.77. The number of rotatable bonds is 6. The summed E-state index contributed by atoms with van der Waals surface area (Å²) >= 11 is 0. The van der Waals surface area contributed by atoms with Crippen molar-refractivity contribution >= 4 is 11.7 Å². The lowest BCUT2D eigenvalue weighted by atomic mass is 9.95. The van der Waals surface area contributed by atoms with Gasteiger partial charge in [0, 0.05) is 69.6 Å². The maximum absolute atomic E-state index is 12.7. The molecule has 1 aromatic heterocycles. The largest absolute Gasteiger partial charge is 0.379 e. The van der Waals surface area contributed by atoms with Crippen LogP contribution < -0.4 is 0 Å². The molecule has 3 unspecified atom stereocenters. The van der Waals surface area contributed by atoms with Crippen molar-refractivity contribution in [2.75, 3.05) is 39.5 Å². The Morgan fingerprint density at radius 2 is 1.68 bits per heavy atom. The molecule has 2 aromatic carbocycles. The second-order valence-electron chi connectivity index (χ2n) is 11.5. The van der Waals surface area contributed by atoms with E-state index in [-0.39, 0.29) is 17.9 Å². The molecule has 1 amide bonds. The SMILES string of the molecule is Cn1cc(-c2ccc(-c3ccc(C4=NC5(CCOC5)C(O)N4CC4CN(C(=O)C5CCCO5)C4)cc3)cc2)cn1. The molecule has 4 aliphatic rings. The van der Waals surface area contributed by atoms with E-state index in [1.165, 1.54) is 0 Å². The van der Waals surface area contributed by atoms with Crippen LogP contribution in [-0.4, -0.2) is 93.8 Å². The zero-order valence-corrected chi connectivity index (χ0v) is 22.8. The van der Waals surface area contributed by atoms with Crippen LogP contribution >= 0.6 is 0 Å². The summed E-state index contributed by atoms with van der Waals surface area (Å²) in [6.07, 6.45) is 5.33. The fourth-order valence-electron chi connectivity index (χ4n) is 6.37. The molecule has 1 N–H and O–H groups in total. The lowest BCUT2D eigenvalue weighted by Gasteiger charge is -2.43. The summed E-state index contributed by atoms with van der Waals surface area (Å²) in [6.45, 7) is 3.72. The van der Waals surface area contributed by atoms with E-state index in [9.17, 15) is 9.90 Å². The first kappa shape index (κ1) is 25.4. The number of aromatic nitrogens is 2. The van der Waals surface area contributed by atoms with Crippen LogP contribution in [0.25, 0.3) is 22.3 Å². The lowest BCUT2D eigenvalue weighted by molar-refractivity contribution is -0.148. The van der Waals surface area contributed by atoms with Crippen LogP contribution in [0.15, 0.2) is 65.9 Å². The average molecular weight is 542 g/mol. The third-order valence-corrected chi connectivity index (χ3v) is 8.74. The number of carbonyl (C=O) groups is 1. The molecule has 5 heterocycles. The fourth-order valence-corrected chi connectivity index (χ4v) is 6.37. The van der Waals surface area contributed by atoms with Crippen LogP contribution in [0.5, 0.6) is 0 Å². The normalized spacial score (nSPS) is 26.5. The van der Waals surface area contributed by atoms with E-state index in [2.05, 4.69) is 53.6 Å². The van der Waals surface area contributed by atoms with Crippen molar-refractivity contribution in [1.82, 2.24) is 19.6 Å². The molecule has 7 rings (SSSR count). The van der Waals surface area contributed by atoms with Gasteiger partial charge in [0.2, 0.25) is 0 Å². The fraction of sp³-hybridized carbons (Fsp3) is 0.452. The van der Waals surface area contributed by atoms with E-state index >= 15 is 0 Å². The van der Waals surface area contributed by atoms with Gasteiger partial charge in [0.1, 0.15) is 17.5 Å². The van der Waals surface area contributed by atoms with Gasteiger partial charge in [-0.15, -0.1) is 0 Å². The molecule has 9 nitrogen and oxygen atoms in total. The Balaban J connectivity index is 1.07. The Hall–Kier alpha value is -3.53. The number of amides is 1. The summed E-state index contributed by atoms with van der Waals surface area (Å²) in [5.41, 5.74) is 4.83. The summed E-state index contributed by atoms with van der Waals surface area (Å²) in [5.74, 6) is 1.19. The van der Waals surface area contributed by atoms with E-state index in [0.29, 0.717) is 45.9 Å². The summed E-state index contributed by atoms with van der Waals surface area (Å²) in [5, 5.41) is 15.7. The quantitative estimate of drug-likeness (QED) is 0.516. The van der Waals surface area contributed by atoms with Crippen molar-refractivity contribution in [3.63, 3.8) is 0 Å². The van der Waals surface area contributed by atoms with Gasteiger partial charge >= 0.3 is 0 Å². The molecule has 3 fully saturated rings. The minimum atomic E-state index is -0.743. The summed E-state index contributed by atoms with van der Waals surface area (Å²) in [4.78, 5) is 21.7. The second-order valence-corrected chi connectivity index (χ2v) is 11.5. The number of aliphatic hydroxyl groups excluding tert-OH is 1. The van der Waals surface area contributed by atoms with Gasteiger partial charge in [-0.25, -0.2) is 0 Å². The van der Waals surface area contributed by atoms with E-state index in [4.69, 9.17) is 14.5 Å². The Bertz CT molecular complexity index is 1400. The van der Waals surface area contributed by atoms with Crippen LogP contribution in [0, 0.1) is 5.92 Å². The molecule has 4 aliphatic heterocycles. The molecule has 3 atom stereocenters. The summed E-state index contributed by atoms with van der Waals surface area (Å²) in [7, 11) is 1.92. The molecule has 3 saturated heterocycles. The van der Waals surface area contributed by atoms with Gasteiger partial charge in [-0.05, 0) is 29.5 Å². The topological polar surface area (TPSA) is 92.4 Å². The first-order valence-corrected chi connectivity index (χ1v) is 14.2. The highest BCUT2D eigenvalue weighted by atomic mass is 16.5. The molecule has 3 aromatic rings. The predicted molar refractivity (Wildman–Crippen MR) is 151 cm³/mol. The molecule has 0 aliphatic carbocycles. The van der Waals surface area contributed by atoms with Gasteiger partial charge < -0.3 is 24.4 Å². The van der Waals surface area contributed by atoms with E-state index in [1.54, 1.807) is 0 Å². The third-order valence-electron chi connectivity index (χ3n) is 8.74. The van der Waals surface area contributed by atoms with Crippen LogP contribution in [0.3, 0.4) is 0 Å². The Labute approximate surface area is 234 Å². The highest BCUT2D eigenvalue weighted by molar-refractivity contribution is 6.01. The Morgan fingerprint density at radius 3 is 2.25 bits per heavy atom. The number of aliphatic imine (C=N–C) groups is 1. The number of benzene rings is 2. The monoisotopic (exact) mass is 541 g/mol. The number of aryl methyl sites for hydroxylation is 1. The molecule has 0 saturated carbocycles. The highest BCUT2D eigenvalue weighted by Crippen LogP contribution is 2.38. The number of amidine groups is 1. The zero-order valence-electron chi connectivity index (χ0n) is 22.8. The molecule has 0 bridgehead atoms. The number of hydrogen-bond donors (Lipinski definition) is 1. The number of carbonyl (C=O) groups excluding carboxylic acids is 1. The number of hydrogen-bond acceptors (Lipinski definition) is 7. The smallest absolute Gasteiger partial charge is 0.251 e. The molecule has 1 spiro atoms. The van der Waals surface area contributed by atoms with Crippen molar-refractivity contribution < 1.29 is 19.4 Å². The van der Waals surface area contributed by atoms with Crippen molar-refractivity contribution in [3.05, 3.63) is 66.5 Å². The van der Waals surface area contributed by atoms with Crippen molar-refractivity contribution in [2.24, 2.45) is 18.0 Å². The Kier molecular flexibility index (Phi) is 6.45. The molecule has 0 radical (unpaired) electrons. The van der Waals surface area contributed by atoms with Crippen LogP contribution in [0.1, 0.15) is 24.8 Å². The minimum absolute atomic E-state index is 0.106. The summed E-state index contributed by atoms with van der Waals surface area (Å²) in [6, 6.07) is 16.9. The predicted octanol–water partition coefficient (Wildman–Crippen LogP) is 2.93. The van der Waals surface area contributed by atoms with Crippen LogP contribution in [0.4, 0.5) is 0 Å². The molecular formula is C31H35N5O4. The van der Waals surface area contributed by atoms with E-state index in [1.807, 2.05) is 33.9 Å². The van der Waals surface area contributed by atoms with Crippen molar-refractivity contribution in [1.29, 1.82) is 0 Å². The second kappa shape index (κ2) is 10.1. The maximum Gasteiger partial charge on any atom is 0.251 e. The van der Waals surface area contributed by atoms with Gasteiger partial charge in [-0.1, -0.05) is 48.5 Å². The first-order chi connectivity index (χ1) is 19.5. The number of likely N-dealkylation sites (tertiary alicyclic amines) is 1. The van der Waals surface area contributed by atoms with Gasteiger partial charge in [-0.3, -0.25) is 14.5 Å². The molecule has 40 heavy (non-hydrogen) atoms. The molecular weight excluding hydrogens is 506 g/mol. The standard InChI is InChI=1S/C31H35N5O4/c1-34-19-26(15-32-34)24-6-4-22(5-7-24)23-8-10-25(11-9-23)28-33-31(12-14-39-20-31)30(38)36(28)18-21-16-35(17-21)29(37)27-3-2-13-40-27/h4-11,15,19,21,27,30,38H,2-3,12-14,16-18,20H2,1H3. The van der Waals surface area contributed by atoms with E-state index < -0.39 is 11.8 Å². The molecule has 9 heteroatoms. The number of nitrogens with zero attached hydrogens (tertiary/aromatic N) is 5. The van der Waals surface area contributed by atoms with Gasteiger partial charge in [-0.2, -0.15) is 5.10 Å². The van der Waals surface area contributed by atoms with E-state index in [0.717, 1.165) is 46.5 Å². The summed E-state index contributed by atoms with van der Waals surface area (Å²) < 4.78 is 13.1.